The summed E-state index contributed by atoms with van der Waals surface area (Å²) in [5.41, 5.74) is -0.525. The van der Waals surface area contributed by atoms with Crippen LogP contribution in [0, 0.1) is 5.92 Å². The van der Waals surface area contributed by atoms with Crippen LogP contribution in [-0.4, -0.2) is 56.5 Å². The molecule has 2 aliphatic rings. The maximum absolute atomic E-state index is 11.9. The van der Waals surface area contributed by atoms with E-state index in [-0.39, 0.29) is 23.6 Å². The lowest BCUT2D eigenvalue weighted by Gasteiger charge is -2.32. The van der Waals surface area contributed by atoms with Gasteiger partial charge in [-0.25, -0.2) is 9.97 Å². The molecule has 1 aliphatic carbocycles. The van der Waals surface area contributed by atoms with E-state index in [1.807, 2.05) is 13.8 Å². The monoisotopic (exact) mass is 400 g/mol. The van der Waals surface area contributed by atoms with Gasteiger partial charge >= 0.3 is 7.60 Å². The molecule has 1 saturated carbocycles. The van der Waals surface area contributed by atoms with E-state index in [0.717, 1.165) is 13.1 Å². The number of hydrogen-bond donors (Lipinski definition) is 2. The molecule has 150 valence electrons. The normalized spacial score (nSPS) is 31.5. The summed E-state index contributed by atoms with van der Waals surface area (Å²) < 4.78 is 30.5. The Bertz CT molecular complexity index is 908. The largest absolute Gasteiger partial charge is 0.382 e. The summed E-state index contributed by atoms with van der Waals surface area (Å²) >= 11 is 0. The van der Waals surface area contributed by atoms with Crippen LogP contribution in [0.1, 0.15) is 32.9 Å². The molecule has 2 fully saturated rings. The van der Waals surface area contributed by atoms with Crippen molar-refractivity contribution in [3.8, 4) is 0 Å². The molecule has 0 amide bonds. The van der Waals surface area contributed by atoms with Crippen molar-refractivity contribution >= 4 is 18.8 Å². The molecule has 0 aromatic carbocycles. The Morgan fingerprint density at radius 2 is 2.22 bits per heavy atom. The maximum atomic E-state index is 11.9. The summed E-state index contributed by atoms with van der Waals surface area (Å²) in [6.07, 6.45) is 3.12. The molecular formula is C16H25N4O6P. The summed E-state index contributed by atoms with van der Waals surface area (Å²) in [6.45, 7) is 5.40. The minimum atomic E-state index is -3.71. The highest BCUT2D eigenvalue weighted by atomic mass is 31.2. The van der Waals surface area contributed by atoms with Crippen LogP contribution in [0.15, 0.2) is 17.4 Å². The number of hydrogen-bond acceptors (Lipinski definition) is 7. The number of fused-ring (bicyclic) bond motifs is 3. The van der Waals surface area contributed by atoms with Gasteiger partial charge in [0, 0.05) is 19.7 Å². The van der Waals surface area contributed by atoms with Crippen molar-refractivity contribution in [3.05, 3.63) is 23.0 Å². The Morgan fingerprint density at radius 1 is 1.48 bits per heavy atom. The number of aromatic nitrogens is 4. The first-order valence-electron chi connectivity index (χ1n) is 8.90. The lowest BCUT2D eigenvalue weighted by Crippen LogP contribution is -2.42. The number of H-pyrrole nitrogens is 1. The number of ether oxygens (including phenoxy) is 2. The predicted octanol–water partition coefficient (Wildman–Crippen LogP) is 1.67. The second-order valence-electron chi connectivity index (χ2n) is 6.59. The van der Waals surface area contributed by atoms with Gasteiger partial charge in [-0.2, -0.15) is 0 Å². The smallest absolute Gasteiger partial charge is 0.325 e. The van der Waals surface area contributed by atoms with Crippen LogP contribution in [0.25, 0.3) is 11.2 Å². The van der Waals surface area contributed by atoms with Gasteiger partial charge in [0.1, 0.15) is 17.9 Å². The summed E-state index contributed by atoms with van der Waals surface area (Å²) in [4.78, 5) is 32.4. The fourth-order valence-electron chi connectivity index (χ4n) is 3.97. The van der Waals surface area contributed by atoms with Crippen LogP contribution in [0.4, 0.5) is 0 Å². The van der Waals surface area contributed by atoms with E-state index < -0.39 is 25.5 Å². The Hall–Kier alpha value is -1.58. The molecular weight excluding hydrogens is 375 g/mol. The van der Waals surface area contributed by atoms with E-state index >= 15 is 0 Å². The highest BCUT2D eigenvalue weighted by Gasteiger charge is 2.62. The standard InChI is InChI=1S/C14H19N4O6P.C2H6/c1-22-5-14-4-3-8(10(14)24-25(2,20)21)13(23-14)18-7-17-9-11(18)15-6-16-12(9)19;1-2/h6-8,10,13H,3-5H2,1-2H3,(H,20,21)(H,15,16,19);1-2H3/t8?,10?,13?,14-;/m1./s1. The van der Waals surface area contributed by atoms with Gasteiger partial charge in [0.15, 0.2) is 11.2 Å². The summed E-state index contributed by atoms with van der Waals surface area (Å²) in [7, 11) is -2.16. The number of rotatable bonds is 5. The van der Waals surface area contributed by atoms with Crippen LogP contribution >= 0.6 is 7.60 Å². The van der Waals surface area contributed by atoms with Crippen molar-refractivity contribution in [1.82, 2.24) is 19.5 Å². The zero-order chi connectivity index (χ0) is 19.8. The van der Waals surface area contributed by atoms with Gasteiger partial charge in [0.25, 0.3) is 5.56 Å². The molecule has 4 rings (SSSR count). The quantitative estimate of drug-likeness (QED) is 0.725. The first-order valence-corrected chi connectivity index (χ1v) is 10.9. The molecule has 3 heterocycles. The first kappa shape index (κ1) is 20.2. The average Bonchev–Trinajstić information content (AvgIpc) is 3.27. The van der Waals surface area contributed by atoms with Crippen molar-refractivity contribution < 1.29 is 23.5 Å². The van der Waals surface area contributed by atoms with Gasteiger partial charge < -0.3 is 23.9 Å². The van der Waals surface area contributed by atoms with Crippen molar-refractivity contribution in [1.29, 1.82) is 0 Å². The second-order valence-corrected chi connectivity index (χ2v) is 8.41. The topological polar surface area (TPSA) is 129 Å². The van der Waals surface area contributed by atoms with Gasteiger partial charge in [-0.1, -0.05) is 13.8 Å². The number of imidazole rings is 1. The Kier molecular flexibility index (Phi) is 5.56. The number of nitrogens with one attached hydrogen (secondary N) is 1. The van der Waals surface area contributed by atoms with E-state index in [0.29, 0.717) is 12.1 Å². The van der Waals surface area contributed by atoms with Crippen molar-refractivity contribution in [3.63, 3.8) is 0 Å². The predicted molar refractivity (Wildman–Crippen MR) is 97.6 cm³/mol. The maximum Gasteiger partial charge on any atom is 0.325 e. The molecule has 0 spiro atoms. The van der Waals surface area contributed by atoms with E-state index in [4.69, 9.17) is 14.0 Å². The third-order valence-electron chi connectivity index (χ3n) is 4.87. The zero-order valence-corrected chi connectivity index (χ0v) is 16.7. The van der Waals surface area contributed by atoms with Gasteiger partial charge in [0.2, 0.25) is 0 Å². The average molecular weight is 400 g/mol. The highest BCUT2D eigenvalue weighted by Crippen LogP contribution is 2.58. The molecule has 11 heteroatoms. The lowest BCUT2D eigenvalue weighted by atomic mass is 10.0. The molecule has 4 unspecified atom stereocenters. The number of aromatic amines is 1. The van der Waals surface area contributed by atoms with Crippen molar-refractivity contribution in [2.45, 2.75) is 44.6 Å². The van der Waals surface area contributed by atoms with Gasteiger partial charge in [-0.3, -0.25) is 13.9 Å². The van der Waals surface area contributed by atoms with E-state index in [1.165, 1.54) is 12.7 Å². The molecule has 1 aliphatic heterocycles. The molecule has 27 heavy (non-hydrogen) atoms. The fourth-order valence-corrected chi connectivity index (χ4v) is 4.74. The van der Waals surface area contributed by atoms with Crippen LogP contribution in [0.2, 0.25) is 0 Å². The second kappa shape index (κ2) is 7.44. The number of nitrogens with zero attached hydrogens (tertiary/aromatic N) is 3. The van der Waals surface area contributed by atoms with Crippen molar-refractivity contribution in [2.24, 2.45) is 5.92 Å². The SMILES string of the molecule is CC.COC[C@@]12CCC(C(n3cnc4c(=O)[nH]cnc43)O1)C2OP(C)(=O)O. The van der Waals surface area contributed by atoms with Gasteiger partial charge in [-0.15, -0.1) is 0 Å². The molecule has 0 radical (unpaired) electrons. The van der Waals surface area contributed by atoms with Crippen molar-refractivity contribution in [2.75, 3.05) is 20.4 Å². The van der Waals surface area contributed by atoms with Crippen LogP contribution in [0.5, 0.6) is 0 Å². The fraction of sp³-hybridized carbons (Fsp3) is 0.688. The Labute approximate surface area is 156 Å². The van der Waals surface area contributed by atoms with E-state index in [1.54, 1.807) is 11.7 Å². The molecule has 2 aromatic heterocycles. The molecule has 1 saturated heterocycles. The third kappa shape index (κ3) is 3.48. The van der Waals surface area contributed by atoms with Crippen LogP contribution in [-0.2, 0) is 18.6 Å². The number of methoxy groups -OCH3 is 1. The molecule has 2 aromatic rings. The Morgan fingerprint density at radius 3 is 2.89 bits per heavy atom. The summed E-state index contributed by atoms with van der Waals surface area (Å²) in [6, 6.07) is 0. The molecule has 5 atom stereocenters. The van der Waals surface area contributed by atoms with Crippen LogP contribution < -0.4 is 5.56 Å². The minimum absolute atomic E-state index is 0.172. The minimum Gasteiger partial charge on any atom is -0.382 e. The third-order valence-corrected chi connectivity index (χ3v) is 5.49. The van der Waals surface area contributed by atoms with Crippen LogP contribution in [0.3, 0.4) is 0 Å². The molecule has 2 bridgehead atoms. The summed E-state index contributed by atoms with van der Waals surface area (Å²) in [5.74, 6) is -0.172. The van der Waals surface area contributed by atoms with E-state index in [9.17, 15) is 14.3 Å². The highest BCUT2D eigenvalue weighted by molar-refractivity contribution is 7.51. The van der Waals surface area contributed by atoms with Gasteiger partial charge in [-0.05, 0) is 12.8 Å². The van der Waals surface area contributed by atoms with Gasteiger partial charge in [0.05, 0.1) is 19.3 Å². The molecule has 2 N–H and O–H groups in total. The van der Waals surface area contributed by atoms with E-state index in [2.05, 4.69) is 15.0 Å². The summed E-state index contributed by atoms with van der Waals surface area (Å²) in [5, 5.41) is 0. The lowest BCUT2D eigenvalue weighted by molar-refractivity contribution is -0.142. The molecule has 10 nitrogen and oxygen atoms in total. The first-order chi connectivity index (χ1) is 12.8. The zero-order valence-electron chi connectivity index (χ0n) is 15.8. The Balaban J connectivity index is 0.00000102.